The lowest BCUT2D eigenvalue weighted by molar-refractivity contribution is -0.116. The predicted octanol–water partition coefficient (Wildman–Crippen LogP) is 5.97. The molecule has 2 rings (SSSR count). The van der Waals surface area contributed by atoms with Crippen LogP contribution in [0.15, 0.2) is 18.2 Å². The second-order valence-electron chi connectivity index (χ2n) is 8.89. The van der Waals surface area contributed by atoms with Crippen LogP contribution in [0.3, 0.4) is 0 Å². The van der Waals surface area contributed by atoms with E-state index >= 15 is 0 Å². The second-order valence-corrected chi connectivity index (χ2v) is 8.89. The number of amides is 1. The Balaban J connectivity index is 2.15. The van der Waals surface area contributed by atoms with Crippen molar-refractivity contribution in [3.05, 3.63) is 46.3 Å². The highest BCUT2D eigenvalue weighted by Crippen LogP contribution is 2.32. The van der Waals surface area contributed by atoms with E-state index in [9.17, 15) is 4.79 Å². The molecule has 0 saturated heterocycles. The first-order valence-electron chi connectivity index (χ1n) is 10.6. The largest absolute Gasteiger partial charge is 0.326 e. The maximum atomic E-state index is 12.8. The van der Waals surface area contributed by atoms with E-state index < -0.39 is 0 Å². The van der Waals surface area contributed by atoms with Gasteiger partial charge in [-0.25, -0.2) is 0 Å². The minimum Gasteiger partial charge on any atom is -0.326 e. The Hall–Kier alpha value is -2.10. The van der Waals surface area contributed by atoms with Crippen LogP contribution in [0.5, 0.6) is 0 Å². The van der Waals surface area contributed by atoms with Crippen molar-refractivity contribution < 1.29 is 4.79 Å². The zero-order valence-electron chi connectivity index (χ0n) is 18.9. The van der Waals surface area contributed by atoms with Crippen LogP contribution in [0.25, 0.3) is 0 Å². The number of rotatable bonds is 8. The number of nitrogens with one attached hydrogen (secondary N) is 1. The number of carbonyl (C=O) groups excluding carboxylic acids is 1. The first-order valence-corrected chi connectivity index (χ1v) is 10.6. The molecule has 1 amide bonds. The number of aromatic nitrogens is 2. The van der Waals surface area contributed by atoms with Gasteiger partial charge in [0.05, 0.1) is 5.69 Å². The summed E-state index contributed by atoms with van der Waals surface area (Å²) in [5.41, 5.74) is 6.84. The standard InChI is InChI=1S/C24H37N3O/c1-15(2)14-27-19(8)22(18(7)26-27)12-13-23(28)25-24-20(16(3)4)10-9-11-21(24)17(5)6/h9-11,15-17H,12-14H2,1-8H3,(H,25,28). The molecule has 0 aliphatic rings. The lowest BCUT2D eigenvalue weighted by Crippen LogP contribution is -2.16. The molecule has 0 aliphatic heterocycles. The zero-order valence-corrected chi connectivity index (χ0v) is 18.9. The van der Waals surface area contributed by atoms with Crippen molar-refractivity contribution >= 4 is 11.6 Å². The molecule has 154 valence electrons. The van der Waals surface area contributed by atoms with Gasteiger partial charge in [0.2, 0.25) is 5.91 Å². The SMILES string of the molecule is Cc1nn(CC(C)C)c(C)c1CCC(=O)Nc1c(C(C)C)cccc1C(C)C. The number of anilines is 1. The summed E-state index contributed by atoms with van der Waals surface area (Å²) < 4.78 is 2.08. The van der Waals surface area contributed by atoms with Gasteiger partial charge >= 0.3 is 0 Å². The number of aryl methyl sites for hydroxylation is 1. The second kappa shape index (κ2) is 9.40. The Morgan fingerprint density at radius 2 is 1.61 bits per heavy atom. The van der Waals surface area contributed by atoms with Crippen molar-refractivity contribution in [2.75, 3.05) is 5.32 Å². The van der Waals surface area contributed by atoms with Crippen LogP contribution in [-0.4, -0.2) is 15.7 Å². The Morgan fingerprint density at radius 1 is 1.04 bits per heavy atom. The van der Waals surface area contributed by atoms with Gasteiger partial charge in [-0.15, -0.1) is 0 Å². The Morgan fingerprint density at radius 3 is 2.11 bits per heavy atom. The van der Waals surface area contributed by atoms with E-state index in [1.54, 1.807) is 0 Å². The number of nitrogens with zero attached hydrogens (tertiary/aromatic N) is 2. The third kappa shape index (κ3) is 5.24. The maximum absolute atomic E-state index is 12.8. The van der Waals surface area contributed by atoms with Crippen molar-refractivity contribution in [3.63, 3.8) is 0 Å². The van der Waals surface area contributed by atoms with Crippen LogP contribution in [-0.2, 0) is 17.8 Å². The molecule has 0 radical (unpaired) electrons. The van der Waals surface area contributed by atoms with Gasteiger partial charge in [0, 0.05) is 24.3 Å². The van der Waals surface area contributed by atoms with Crippen molar-refractivity contribution in [2.45, 2.75) is 86.6 Å². The molecule has 0 spiro atoms. The molecular formula is C24H37N3O. The Kier molecular flexibility index (Phi) is 7.45. The van der Waals surface area contributed by atoms with Crippen molar-refractivity contribution in [1.29, 1.82) is 0 Å². The summed E-state index contributed by atoms with van der Waals surface area (Å²) in [6.45, 7) is 18.1. The molecule has 28 heavy (non-hydrogen) atoms. The van der Waals surface area contributed by atoms with Crippen molar-refractivity contribution in [2.24, 2.45) is 5.92 Å². The van der Waals surface area contributed by atoms with E-state index in [0.717, 1.165) is 24.3 Å². The van der Waals surface area contributed by atoms with Crippen molar-refractivity contribution in [3.8, 4) is 0 Å². The minimum atomic E-state index is 0.0745. The Labute approximate surface area is 170 Å². The van der Waals surface area contributed by atoms with E-state index in [4.69, 9.17) is 0 Å². The average Bonchev–Trinajstić information content (AvgIpc) is 2.85. The van der Waals surface area contributed by atoms with E-state index in [1.165, 1.54) is 22.4 Å². The van der Waals surface area contributed by atoms with Crippen LogP contribution in [0.1, 0.15) is 87.9 Å². The van der Waals surface area contributed by atoms with Gasteiger partial charge in [-0.1, -0.05) is 59.7 Å². The van der Waals surface area contributed by atoms with Crippen LogP contribution in [0.4, 0.5) is 5.69 Å². The summed E-state index contributed by atoms with van der Waals surface area (Å²) in [5, 5.41) is 7.90. The summed E-state index contributed by atoms with van der Waals surface area (Å²) in [7, 11) is 0. The number of carbonyl (C=O) groups is 1. The first kappa shape index (κ1) is 22.2. The van der Waals surface area contributed by atoms with Crippen LogP contribution in [0.2, 0.25) is 0 Å². The van der Waals surface area contributed by atoms with Crippen LogP contribution in [0, 0.1) is 19.8 Å². The highest BCUT2D eigenvalue weighted by atomic mass is 16.1. The lowest BCUT2D eigenvalue weighted by Gasteiger charge is -2.20. The number of hydrogen-bond acceptors (Lipinski definition) is 2. The summed E-state index contributed by atoms with van der Waals surface area (Å²) in [6.07, 6.45) is 1.20. The first-order chi connectivity index (χ1) is 13.1. The molecule has 4 nitrogen and oxygen atoms in total. The summed E-state index contributed by atoms with van der Waals surface area (Å²) >= 11 is 0. The van der Waals surface area contributed by atoms with Gasteiger partial charge in [-0.2, -0.15) is 5.10 Å². The quantitative estimate of drug-likeness (QED) is 0.610. The number of hydrogen-bond donors (Lipinski definition) is 1. The smallest absolute Gasteiger partial charge is 0.224 e. The third-order valence-electron chi connectivity index (χ3n) is 5.31. The molecule has 1 aromatic heterocycles. The van der Waals surface area contributed by atoms with Gasteiger partial charge in [-0.3, -0.25) is 9.48 Å². The molecule has 0 atom stereocenters. The fourth-order valence-electron chi connectivity index (χ4n) is 3.76. The van der Waals surface area contributed by atoms with Gasteiger partial charge in [0.1, 0.15) is 0 Å². The van der Waals surface area contributed by atoms with Crippen LogP contribution >= 0.6 is 0 Å². The molecule has 0 aliphatic carbocycles. The van der Waals surface area contributed by atoms with E-state index in [2.05, 4.69) is 81.8 Å². The number of para-hydroxylation sites is 1. The topological polar surface area (TPSA) is 46.9 Å². The third-order valence-corrected chi connectivity index (χ3v) is 5.31. The highest BCUT2D eigenvalue weighted by molar-refractivity contribution is 5.92. The molecule has 1 aromatic carbocycles. The molecule has 0 saturated carbocycles. The summed E-state index contributed by atoms with van der Waals surface area (Å²) in [5.74, 6) is 1.36. The van der Waals surface area contributed by atoms with Gasteiger partial charge in [0.15, 0.2) is 0 Å². The molecule has 0 fully saturated rings. The fourth-order valence-corrected chi connectivity index (χ4v) is 3.76. The minimum absolute atomic E-state index is 0.0745. The van der Waals surface area contributed by atoms with Gasteiger partial charge in [0.25, 0.3) is 0 Å². The molecule has 4 heteroatoms. The van der Waals surface area contributed by atoms with Crippen molar-refractivity contribution in [1.82, 2.24) is 9.78 Å². The lowest BCUT2D eigenvalue weighted by atomic mass is 9.92. The highest BCUT2D eigenvalue weighted by Gasteiger charge is 2.17. The molecule has 0 bridgehead atoms. The van der Waals surface area contributed by atoms with Gasteiger partial charge in [-0.05, 0) is 54.7 Å². The maximum Gasteiger partial charge on any atom is 0.224 e. The van der Waals surface area contributed by atoms with E-state index in [1.807, 2.05) is 6.92 Å². The predicted molar refractivity (Wildman–Crippen MR) is 118 cm³/mol. The van der Waals surface area contributed by atoms with Gasteiger partial charge < -0.3 is 5.32 Å². The van der Waals surface area contributed by atoms with Crippen LogP contribution < -0.4 is 5.32 Å². The zero-order chi connectivity index (χ0) is 21.0. The average molecular weight is 384 g/mol. The summed E-state index contributed by atoms with van der Waals surface area (Å²) in [4.78, 5) is 12.8. The molecule has 0 unspecified atom stereocenters. The summed E-state index contributed by atoms with van der Waals surface area (Å²) in [6, 6.07) is 6.34. The molecule has 1 heterocycles. The fraction of sp³-hybridized carbons (Fsp3) is 0.583. The molecule has 1 N–H and O–H groups in total. The normalized spacial score (nSPS) is 11.7. The van der Waals surface area contributed by atoms with E-state index in [-0.39, 0.29) is 5.91 Å². The molecular weight excluding hydrogens is 346 g/mol. The number of benzene rings is 1. The van der Waals surface area contributed by atoms with E-state index in [0.29, 0.717) is 24.2 Å². The molecule has 2 aromatic rings. The Bertz CT molecular complexity index is 789. The monoisotopic (exact) mass is 383 g/mol.